The molecule has 0 unspecified atom stereocenters. The van der Waals surface area contributed by atoms with Crippen LogP contribution in [-0.2, 0) is 4.74 Å². The normalized spacial score (nSPS) is 12.1. The van der Waals surface area contributed by atoms with Gasteiger partial charge in [-0.05, 0) is 24.6 Å². The Kier molecular flexibility index (Phi) is 8.82. The summed E-state index contributed by atoms with van der Waals surface area (Å²) in [6.45, 7) is 6.71. The first-order chi connectivity index (χ1) is 9.36. The van der Waals surface area contributed by atoms with E-state index in [9.17, 15) is 0 Å². The first-order valence-corrected chi connectivity index (χ1v) is 7.32. The summed E-state index contributed by atoms with van der Waals surface area (Å²) in [4.78, 5) is 0. The van der Waals surface area contributed by atoms with E-state index >= 15 is 0 Å². The summed E-state index contributed by atoms with van der Waals surface area (Å²) in [6, 6.07) is 9.70. The van der Waals surface area contributed by atoms with Crippen LogP contribution < -0.4 is 4.74 Å². The first-order valence-electron chi connectivity index (χ1n) is 7.32. The summed E-state index contributed by atoms with van der Waals surface area (Å²) in [6.07, 6.45) is 8.94. The highest BCUT2D eigenvalue weighted by Gasteiger charge is 2.05. The van der Waals surface area contributed by atoms with Crippen LogP contribution in [-0.4, -0.2) is 12.9 Å². The molecule has 0 heterocycles. The predicted molar refractivity (Wildman–Crippen MR) is 80.4 cm³/mol. The van der Waals surface area contributed by atoms with Gasteiger partial charge in [-0.25, -0.2) is 0 Å². The number of ether oxygens (including phenoxy) is 2. The number of hydrogen-bond acceptors (Lipinski definition) is 2. The highest BCUT2D eigenvalue weighted by molar-refractivity contribution is 5.21. The van der Waals surface area contributed by atoms with Crippen LogP contribution in [0.5, 0.6) is 5.75 Å². The van der Waals surface area contributed by atoms with E-state index in [2.05, 4.69) is 13.5 Å². The van der Waals surface area contributed by atoms with E-state index in [1.54, 1.807) is 6.08 Å². The van der Waals surface area contributed by atoms with Gasteiger partial charge < -0.3 is 9.47 Å². The van der Waals surface area contributed by atoms with Crippen molar-refractivity contribution in [2.24, 2.45) is 0 Å². The number of benzene rings is 1. The minimum Gasteiger partial charge on any atom is -0.461 e. The Labute approximate surface area is 117 Å². The lowest BCUT2D eigenvalue weighted by molar-refractivity contribution is -0.0469. The SMILES string of the molecule is C=C[C@@H](OCCCCCCCC)Oc1ccccc1. The van der Waals surface area contributed by atoms with Gasteiger partial charge in [0.2, 0.25) is 6.29 Å². The Morgan fingerprint density at radius 1 is 1.05 bits per heavy atom. The molecule has 0 saturated carbocycles. The smallest absolute Gasteiger partial charge is 0.219 e. The second kappa shape index (κ2) is 10.6. The van der Waals surface area contributed by atoms with Crippen LogP contribution in [0.3, 0.4) is 0 Å². The molecule has 1 atom stereocenters. The minimum atomic E-state index is -0.349. The molecule has 0 aliphatic heterocycles. The average Bonchev–Trinajstić information content (AvgIpc) is 2.46. The maximum Gasteiger partial charge on any atom is 0.219 e. The van der Waals surface area contributed by atoms with Crippen LogP contribution in [0, 0.1) is 0 Å². The summed E-state index contributed by atoms with van der Waals surface area (Å²) in [5, 5.41) is 0. The largest absolute Gasteiger partial charge is 0.461 e. The highest BCUT2D eigenvalue weighted by Crippen LogP contribution is 2.12. The topological polar surface area (TPSA) is 18.5 Å². The molecule has 0 aliphatic carbocycles. The van der Waals surface area contributed by atoms with Crippen molar-refractivity contribution in [2.45, 2.75) is 51.7 Å². The molecule has 0 N–H and O–H groups in total. The monoisotopic (exact) mass is 262 g/mol. The molecule has 0 bridgehead atoms. The van der Waals surface area contributed by atoms with E-state index in [-0.39, 0.29) is 6.29 Å². The Balaban J connectivity index is 2.10. The molecule has 0 radical (unpaired) electrons. The molecule has 106 valence electrons. The summed E-state index contributed by atoms with van der Waals surface area (Å²) in [5.41, 5.74) is 0. The van der Waals surface area contributed by atoms with E-state index in [0.29, 0.717) is 0 Å². The van der Waals surface area contributed by atoms with Crippen molar-refractivity contribution in [2.75, 3.05) is 6.61 Å². The van der Waals surface area contributed by atoms with Crippen molar-refractivity contribution < 1.29 is 9.47 Å². The molecule has 2 nitrogen and oxygen atoms in total. The predicted octanol–water partition coefficient (Wildman–Crippen LogP) is 4.95. The zero-order valence-electron chi connectivity index (χ0n) is 12.0. The highest BCUT2D eigenvalue weighted by atomic mass is 16.7. The Hall–Kier alpha value is -1.28. The molecule has 0 aliphatic rings. The number of hydrogen-bond donors (Lipinski definition) is 0. The molecule has 0 fully saturated rings. The van der Waals surface area contributed by atoms with Crippen molar-refractivity contribution in [3.05, 3.63) is 43.0 Å². The Morgan fingerprint density at radius 3 is 2.42 bits per heavy atom. The van der Waals surface area contributed by atoms with Gasteiger partial charge in [0.1, 0.15) is 5.75 Å². The summed E-state index contributed by atoms with van der Waals surface area (Å²) >= 11 is 0. The van der Waals surface area contributed by atoms with Gasteiger partial charge in [0.25, 0.3) is 0 Å². The van der Waals surface area contributed by atoms with Gasteiger partial charge in [-0.1, -0.05) is 63.8 Å². The van der Waals surface area contributed by atoms with Crippen molar-refractivity contribution in [3.63, 3.8) is 0 Å². The molecule has 0 spiro atoms. The molecule has 0 saturated heterocycles. The van der Waals surface area contributed by atoms with Gasteiger partial charge in [0.15, 0.2) is 0 Å². The maximum atomic E-state index is 5.67. The maximum absolute atomic E-state index is 5.67. The van der Waals surface area contributed by atoms with Crippen molar-refractivity contribution in [3.8, 4) is 5.75 Å². The third-order valence-corrected chi connectivity index (χ3v) is 2.97. The van der Waals surface area contributed by atoms with Gasteiger partial charge in [-0.15, -0.1) is 0 Å². The second-order valence-electron chi connectivity index (χ2n) is 4.67. The van der Waals surface area contributed by atoms with Gasteiger partial charge in [-0.3, -0.25) is 0 Å². The standard InChI is InChI=1S/C17H26O2/c1-3-5-6-7-8-12-15-18-17(4-2)19-16-13-10-9-11-14-16/h4,9-11,13-14,17H,2-3,5-8,12,15H2,1H3/t17-/m0/s1. The van der Waals surface area contributed by atoms with Crippen LogP contribution in [0.1, 0.15) is 45.4 Å². The zero-order chi connectivity index (χ0) is 13.8. The lowest BCUT2D eigenvalue weighted by Gasteiger charge is -2.16. The van der Waals surface area contributed by atoms with Gasteiger partial charge in [-0.2, -0.15) is 0 Å². The zero-order valence-corrected chi connectivity index (χ0v) is 12.0. The third-order valence-electron chi connectivity index (χ3n) is 2.97. The van der Waals surface area contributed by atoms with Crippen LogP contribution in [0.25, 0.3) is 0 Å². The van der Waals surface area contributed by atoms with E-state index in [4.69, 9.17) is 9.47 Å². The summed E-state index contributed by atoms with van der Waals surface area (Å²) in [5.74, 6) is 0.815. The van der Waals surface area contributed by atoms with E-state index in [0.717, 1.165) is 18.8 Å². The van der Waals surface area contributed by atoms with E-state index in [1.807, 2.05) is 30.3 Å². The van der Waals surface area contributed by atoms with Crippen molar-refractivity contribution >= 4 is 0 Å². The molecule has 19 heavy (non-hydrogen) atoms. The number of rotatable bonds is 11. The lowest BCUT2D eigenvalue weighted by Crippen LogP contribution is -2.18. The molecular formula is C17H26O2. The molecule has 1 aromatic rings. The van der Waals surface area contributed by atoms with Crippen molar-refractivity contribution in [1.29, 1.82) is 0 Å². The van der Waals surface area contributed by atoms with Crippen LogP contribution >= 0.6 is 0 Å². The Morgan fingerprint density at radius 2 is 1.74 bits per heavy atom. The summed E-state index contributed by atoms with van der Waals surface area (Å²) < 4.78 is 11.3. The van der Waals surface area contributed by atoms with Crippen LogP contribution in [0.2, 0.25) is 0 Å². The summed E-state index contributed by atoms with van der Waals surface area (Å²) in [7, 11) is 0. The second-order valence-corrected chi connectivity index (χ2v) is 4.67. The quantitative estimate of drug-likeness (QED) is 0.319. The average molecular weight is 262 g/mol. The van der Waals surface area contributed by atoms with Gasteiger partial charge in [0.05, 0.1) is 6.61 Å². The Bertz CT molecular complexity index is 321. The molecule has 2 heteroatoms. The molecule has 0 aromatic heterocycles. The van der Waals surface area contributed by atoms with Crippen LogP contribution in [0.15, 0.2) is 43.0 Å². The van der Waals surface area contributed by atoms with E-state index in [1.165, 1.54) is 32.1 Å². The van der Waals surface area contributed by atoms with Crippen molar-refractivity contribution in [1.82, 2.24) is 0 Å². The lowest BCUT2D eigenvalue weighted by atomic mass is 10.1. The molecule has 0 amide bonds. The number of unbranched alkanes of at least 4 members (excludes halogenated alkanes) is 5. The van der Waals surface area contributed by atoms with Gasteiger partial charge >= 0.3 is 0 Å². The molecular weight excluding hydrogens is 236 g/mol. The van der Waals surface area contributed by atoms with E-state index < -0.39 is 0 Å². The molecule has 1 rings (SSSR count). The van der Waals surface area contributed by atoms with Gasteiger partial charge in [0, 0.05) is 0 Å². The molecule has 1 aromatic carbocycles. The minimum absolute atomic E-state index is 0.349. The van der Waals surface area contributed by atoms with Crippen LogP contribution in [0.4, 0.5) is 0 Å². The third kappa shape index (κ3) is 7.68. The fourth-order valence-electron chi connectivity index (χ4n) is 1.87. The number of para-hydroxylation sites is 1. The fraction of sp³-hybridized carbons (Fsp3) is 0.529. The fourth-order valence-corrected chi connectivity index (χ4v) is 1.87. The first kappa shape index (κ1) is 15.8.